The smallest absolute Gasteiger partial charge is 0.381 e. The highest BCUT2D eigenvalue weighted by atomic mass is 35.5. The molecule has 1 rings (SSSR count). The van der Waals surface area contributed by atoms with Crippen molar-refractivity contribution in [2.75, 3.05) is 13.2 Å². The van der Waals surface area contributed by atoms with Gasteiger partial charge < -0.3 is 9.47 Å². The average Bonchev–Trinajstić information content (AvgIpc) is 2.41. The normalized spacial score (nSPS) is 11.2. The zero-order chi connectivity index (χ0) is 15.2. The van der Waals surface area contributed by atoms with Crippen molar-refractivity contribution in [3.63, 3.8) is 0 Å². The van der Waals surface area contributed by atoms with Gasteiger partial charge in [0.15, 0.2) is 0 Å². The summed E-state index contributed by atoms with van der Waals surface area (Å²) in [6.45, 7) is 3.72. The predicted molar refractivity (Wildman–Crippen MR) is 72.4 cm³/mol. The van der Waals surface area contributed by atoms with Gasteiger partial charge in [0.2, 0.25) is 0 Å². The van der Waals surface area contributed by atoms with E-state index < -0.39 is 17.5 Å². The number of benzene rings is 1. The number of halogens is 3. The number of carbonyl (C=O) groups excluding carboxylic acids is 1. The molecule has 0 unspecified atom stereocenters. The van der Waals surface area contributed by atoms with Crippen LogP contribution in [-0.2, 0) is 15.5 Å². The van der Waals surface area contributed by atoms with E-state index in [4.69, 9.17) is 16.3 Å². The van der Waals surface area contributed by atoms with Crippen LogP contribution in [-0.4, -0.2) is 19.2 Å². The van der Waals surface area contributed by atoms with Crippen molar-refractivity contribution >= 4 is 17.6 Å². The first-order valence-electron chi connectivity index (χ1n) is 6.41. The fraction of sp³-hybridized carbons (Fsp3) is 0.500. The van der Waals surface area contributed by atoms with E-state index in [0.717, 1.165) is 25.0 Å². The molecule has 3 nitrogen and oxygen atoms in total. The van der Waals surface area contributed by atoms with Crippen molar-refractivity contribution in [1.82, 2.24) is 0 Å². The van der Waals surface area contributed by atoms with E-state index in [9.17, 15) is 13.6 Å². The van der Waals surface area contributed by atoms with Crippen LogP contribution in [0.4, 0.5) is 8.78 Å². The summed E-state index contributed by atoms with van der Waals surface area (Å²) in [5.74, 6) is -5.16. The molecule has 0 aliphatic heterocycles. The van der Waals surface area contributed by atoms with Gasteiger partial charge in [-0.2, -0.15) is 8.78 Å². The lowest BCUT2D eigenvalue weighted by Gasteiger charge is -2.16. The van der Waals surface area contributed by atoms with Gasteiger partial charge in [0.1, 0.15) is 5.75 Å². The Kier molecular flexibility index (Phi) is 6.20. The van der Waals surface area contributed by atoms with Crippen LogP contribution in [0.25, 0.3) is 0 Å². The Morgan fingerprint density at radius 2 is 2.05 bits per heavy atom. The van der Waals surface area contributed by atoms with Crippen molar-refractivity contribution in [2.24, 2.45) is 0 Å². The highest BCUT2D eigenvalue weighted by Crippen LogP contribution is 2.35. The summed E-state index contributed by atoms with van der Waals surface area (Å²) in [6.07, 6.45) is 1.70. The number of ether oxygens (including phenoxy) is 2. The lowest BCUT2D eigenvalue weighted by atomic mass is 10.1. The van der Waals surface area contributed by atoms with Crippen molar-refractivity contribution < 1.29 is 23.0 Å². The molecule has 0 N–H and O–H groups in total. The van der Waals surface area contributed by atoms with E-state index in [1.807, 2.05) is 6.92 Å². The number of unbranched alkanes of at least 4 members (excludes halogenated alkanes) is 1. The van der Waals surface area contributed by atoms with Gasteiger partial charge in [-0.05, 0) is 25.5 Å². The molecule has 0 saturated heterocycles. The Hall–Kier alpha value is -1.36. The summed E-state index contributed by atoms with van der Waals surface area (Å²) in [5, 5.41) is 0.226. The molecule has 0 radical (unpaired) electrons. The van der Waals surface area contributed by atoms with E-state index in [-0.39, 0.29) is 17.4 Å². The van der Waals surface area contributed by atoms with Crippen LogP contribution in [0.1, 0.15) is 32.3 Å². The van der Waals surface area contributed by atoms with E-state index >= 15 is 0 Å². The SMILES string of the molecule is CCCCOc1cc(C(F)(F)C(=O)OCC)ccc1Cl. The van der Waals surface area contributed by atoms with Crippen LogP contribution in [0.5, 0.6) is 5.75 Å². The molecule has 112 valence electrons. The van der Waals surface area contributed by atoms with Crippen LogP contribution < -0.4 is 4.74 Å². The maximum absolute atomic E-state index is 13.9. The first-order chi connectivity index (χ1) is 9.43. The second-order valence-corrected chi connectivity index (χ2v) is 4.55. The van der Waals surface area contributed by atoms with Crippen LogP contribution in [0.15, 0.2) is 18.2 Å². The van der Waals surface area contributed by atoms with Crippen molar-refractivity contribution in [2.45, 2.75) is 32.6 Å². The highest BCUT2D eigenvalue weighted by Gasteiger charge is 2.43. The van der Waals surface area contributed by atoms with Crippen LogP contribution in [0.2, 0.25) is 5.02 Å². The summed E-state index contributed by atoms with van der Waals surface area (Å²) >= 11 is 5.88. The molecule has 0 amide bonds. The lowest BCUT2D eigenvalue weighted by Crippen LogP contribution is -2.28. The second kappa shape index (κ2) is 7.43. The Morgan fingerprint density at radius 1 is 1.35 bits per heavy atom. The van der Waals surface area contributed by atoms with Crippen molar-refractivity contribution in [1.29, 1.82) is 0 Å². The van der Waals surface area contributed by atoms with E-state index in [1.54, 1.807) is 0 Å². The van der Waals surface area contributed by atoms with Crippen LogP contribution >= 0.6 is 11.6 Å². The zero-order valence-corrected chi connectivity index (χ0v) is 12.2. The van der Waals surface area contributed by atoms with Crippen LogP contribution in [0.3, 0.4) is 0 Å². The molecule has 20 heavy (non-hydrogen) atoms. The van der Waals surface area contributed by atoms with Gasteiger partial charge in [-0.25, -0.2) is 4.79 Å². The quantitative estimate of drug-likeness (QED) is 0.560. The lowest BCUT2D eigenvalue weighted by molar-refractivity contribution is -0.173. The van der Waals surface area contributed by atoms with Gasteiger partial charge in [0.05, 0.1) is 18.2 Å². The van der Waals surface area contributed by atoms with Crippen molar-refractivity contribution in [3.05, 3.63) is 28.8 Å². The molecule has 0 bridgehead atoms. The number of rotatable bonds is 7. The standard InChI is InChI=1S/C14H17ClF2O3/c1-3-5-8-20-12-9-10(6-7-11(12)15)14(16,17)13(18)19-4-2/h6-7,9H,3-5,8H2,1-2H3. The number of esters is 1. The summed E-state index contributed by atoms with van der Waals surface area (Å²) < 4.78 is 37.4. The molecule has 1 aromatic rings. The fourth-order valence-corrected chi connectivity index (χ4v) is 1.65. The molecular weight excluding hydrogens is 290 g/mol. The van der Waals surface area contributed by atoms with Gasteiger partial charge in [0.25, 0.3) is 0 Å². The third-order valence-electron chi connectivity index (χ3n) is 2.58. The minimum Gasteiger partial charge on any atom is -0.492 e. The summed E-state index contributed by atoms with van der Waals surface area (Å²) in [4.78, 5) is 11.3. The van der Waals surface area contributed by atoms with Gasteiger partial charge in [-0.3, -0.25) is 0 Å². The number of hydrogen-bond donors (Lipinski definition) is 0. The third-order valence-corrected chi connectivity index (χ3v) is 2.89. The van der Waals surface area contributed by atoms with Crippen LogP contribution in [0, 0.1) is 0 Å². The zero-order valence-electron chi connectivity index (χ0n) is 11.4. The number of carbonyl (C=O) groups is 1. The van der Waals surface area contributed by atoms with Gasteiger partial charge >= 0.3 is 11.9 Å². The van der Waals surface area contributed by atoms with Gasteiger partial charge in [0, 0.05) is 5.56 Å². The Morgan fingerprint density at radius 3 is 2.65 bits per heavy atom. The Balaban J connectivity index is 2.95. The highest BCUT2D eigenvalue weighted by molar-refractivity contribution is 6.32. The number of hydrogen-bond acceptors (Lipinski definition) is 3. The molecule has 1 aromatic carbocycles. The number of alkyl halides is 2. The van der Waals surface area contributed by atoms with E-state index in [1.165, 1.54) is 13.0 Å². The molecule has 0 saturated carbocycles. The minimum atomic E-state index is -3.72. The largest absolute Gasteiger partial charge is 0.492 e. The van der Waals surface area contributed by atoms with Gasteiger partial charge in [-0.15, -0.1) is 0 Å². The minimum absolute atomic E-state index is 0.109. The topological polar surface area (TPSA) is 35.5 Å². The molecule has 0 aliphatic rings. The molecule has 6 heteroatoms. The van der Waals surface area contributed by atoms with E-state index in [2.05, 4.69) is 4.74 Å². The average molecular weight is 307 g/mol. The second-order valence-electron chi connectivity index (χ2n) is 4.14. The first-order valence-corrected chi connectivity index (χ1v) is 6.79. The molecule has 0 fully saturated rings. The maximum atomic E-state index is 13.9. The fourth-order valence-electron chi connectivity index (χ4n) is 1.48. The Labute approximate surface area is 121 Å². The monoisotopic (exact) mass is 306 g/mol. The molecular formula is C14H17ClF2O3. The summed E-state index contributed by atoms with van der Waals surface area (Å²) in [6, 6.07) is 3.45. The molecule has 0 heterocycles. The molecule has 0 aromatic heterocycles. The van der Waals surface area contributed by atoms with Crippen molar-refractivity contribution in [3.8, 4) is 5.75 Å². The first kappa shape index (κ1) is 16.7. The summed E-state index contributed by atoms with van der Waals surface area (Å²) in [5.41, 5.74) is -0.494. The van der Waals surface area contributed by atoms with E-state index in [0.29, 0.717) is 6.61 Å². The molecule has 0 spiro atoms. The predicted octanol–water partition coefficient (Wildman–Crippen LogP) is 4.17. The summed E-state index contributed by atoms with van der Waals surface area (Å²) in [7, 11) is 0. The Bertz CT molecular complexity index is 464. The van der Waals surface area contributed by atoms with Gasteiger partial charge in [-0.1, -0.05) is 31.0 Å². The molecule has 0 atom stereocenters. The molecule has 0 aliphatic carbocycles. The maximum Gasteiger partial charge on any atom is 0.381 e. The third kappa shape index (κ3) is 4.07.